The highest BCUT2D eigenvalue weighted by atomic mass is 32.2. The van der Waals surface area contributed by atoms with Crippen molar-refractivity contribution < 1.29 is 9.13 Å². The second kappa shape index (κ2) is 5.93. The molecule has 0 radical (unpaired) electrons. The molecule has 1 aliphatic heterocycles. The normalized spacial score (nSPS) is 18.6. The summed E-state index contributed by atoms with van der Waals surface area (Å²) >= 11 is 1.56. The number of ether oxygens (including phenoxy) is 1. The summed E-state index contributed by atoms with van der Waals surface area (Å²) in [6.07, 6.45) is 4.36. The zero-order chi connectivity index (χ0) is 13.9. The van der Waals surface area contributed by atoms with Gasteiger partial charge in [0.15, 0.2) is 11.0 Å². The number of benzene rings is 1. The van der Waals surface area contributed by atoms with Crippen molar-refractivity contribution in [2.24, 2.45) is 0 Å². The molecule has 1 aliphatic rings. The van der Waals surface area contributed by atoms with Gasteiger partial charge < -0.3 is 4.74 Å². The molecule has 0 aliphatic carbocycles. The van der Waals surface area contributed by atoms with Gasteiger partial charge in [0, 0.05) is 12.2 Å². The molecule has 106 valence electrons. The Morgan fingerprint density at radius 3 is 2.80 bits per heavy atom. The highest BCUT2D eigenvalue weighted by Gasteiger charge is 2.21. The molecule has 1 atom stereocenters. The third-order valence-corrected chi connectivity index (χ3v) is 4.08. The van der Waals surface area contributed by atoms with Crippen LogP contribution in [0.2, 0.25) is 0 Å². The van der Waals surface area contributed by atoms with Crippen LogP contribution >= 0.6 is 11.8 Å². The molecule has 0 amide bonds. The lowest BCUT2D eigenvalue weighted by molar-refractivity contribution is 0.0953. The summed E-state index contributed by atoms with van der Waals surface area (Å²) in [5.74, 6) is 0.522. The number of aromatic nitrogens is 3. The average Bonchev–Trinajstić information content (AvgIpc) is 3.10. The van der Waals surface area contributed by atoms with E-state index >= 15 is 0 Å². The van der Waals surface area contributed by atoms with Gasteiger partial charge >= 0.3 is 0 Å². The summed E-state index contributed by atoms with van der Waals surface area (Å²) in [4.78, 5) is 0. The van der Waals surface area contributed by atoms with E-state index in [1.807, 2.05) is 6.26 Å². The summed E-state index contributed by atoms with van der Waals surface area (Å²) in [7, 11) is 0. The summed E-state index contributed by atoms with van der Waals surface area (Å²) in [5.41, 5.74) is 0.872. The molecule has 6 heteroatoms. The van der Waals surface area contributed by atoms with Crippen molar-refractivity contribution >= 4 is 11.8 Å². The number of thioether (sulfide) groups is 1. The van der Waals surface area contributed by atoms with Crippen molar-refractivity contribution in [2.75, 3.05) is 12.9 Å². The van der Waals surface area contributed by atoms with Gasteiger partial charge in [0.05, 0.1) is 12.6 Å². The van der Waals surface area contributed by atoms with Crippen molar-refractivity contribution in [3.63, 3.8) is 0 Å². The summed E-state index contributed by atoms with van der Waals surface area (Å²) in [5, 5.41) is 9.31. The van der Waals surface area contributed by atoms with Crippen LogP contribution < -0.4 is 0 Å². The van der Waals surface area contributed by atoms with E-state index in [9.17, 15) is 4.39 Å². The van der Waals surface area contributed by atoms with Crippen LogP contribution in [0.5, 0.6) is 0 Å². The highest BCUT2D eigenvalue weighted by molar-refractivity contribution is 7.98. The lowest BCUT2D eigenvalue weighted by Crippen LogP contribution is -2.16. The predicted molar refractivity (Wildman–Crippen MR) is 76.2 cm³/mol. The van der Waals surface area contributed by atoms with E-state index in [-0.39, 0.29) is 11.9 Å². The quantitative estimate of drug-likeness (QED) is 0.813. The van der Waals surface area contributed by atoms with Gasteiger partial charge in [-0.25, -0.2) is 4.39 Å². The molecule has 1 aromatic heterocycles. The Kier molecular flexibility index (Phi) is 4.03. The van der Waals surface area contributed by atoms with Crippen molar-refractivity contribution in [3.8, 4) is 11.4 Å². The monoisotopic (exact) mass is 293 g/mol. The Labute approximate surface area is 121 Å². The van der Waals surface area contributed by atoms with Crippen LogP contribution in [0.3, 0.4) is 0 Å². The zero-order valence-electron chi connectivity index (χ0n) is 11.3. The van der Waals surface area contributed by atoms with Gasteiger partial charge in [0.25, 0.3) is 0 Å². The fourth-order valence-electron chi connectivity index (χ4n) is 2.41. The first-order valence-electron chi connectivity index (χ1n) is 6.62. The summed E-state index contributed by atoms with van der Waals surface area (Å²) < 4.78 is 20.8. The van der Waals surface area contributed by atoms with Crippen LogP contribution in [0.1, 0.15) is 12.8 Å². The molecule has 4 nitrogen and oxygen atoms in total. The molecule has 3 rings (SSSR count). The van der Waals surface area contributed by atoms with Crippen LogP contribution in [0.15, 0.2) is 29.4 Å². The van der Waals surface area contributed by atoms with E-state index in [1.165, 1.54) is 12.1 Å². The summed E-state index contributed by atoms with van der Waals surface area (Å²) in [6, 6.07) is 6.35. The van der Waals surface area contributed by atoms with E-state index < -0.39 is 0 Å². The van der Waals surface area contributed by atoms with E-state index in [1.54, 1.807) is 23.9 Å². The molecular weight excluding hydrogens is 277 g/mol. The molecular formula is C14H16FN3OS. The van der Waals surface area contributed by atoms with Crippen molar-refractivity contribution in [3.05, 3.63) is 30.1 Å². The Balaban J connectivity index is 1.93. The Morgan fingerprint density at radius 2 is 2.15 bits per heavy atom. The SMILES string of the molecule is CSc1nnc(-c2ccc(F)cc2)n1CC1CCCO1. The largest absolute Gasteiger partial charge is 0.376 e. The standard InChI is InChI=1S/C14H16FN3OS/c1-20-14-17-16-13(10-4-6-11(15)7-5-10)18(14)9-12-3-2-8-19-12/h4-7,12H,2-3,8-9H2,1H3. The van der Waals surface area contributed by atoms with Gasteiger partial charge in [0.2, 0.25) is 0 Å². The number of hydrogen-bond acceptors (Lipinski definition) is 4. The molecule has 20 heavy (non-hydrogen) atoms. The maximum absolute atomic E-state index is 13.0. The fraction of sp³-hybridized carbons (Fsp3) is 0.429. The summed E-state index contributed by atoms with van der Waals surface area (Å²) in [6.45, 7) is 1.57. The van der Waals surface area contributed by atoms with Gasteiger partial charge in [0.1, 0.15) is 5.82 Å². The van der Waals surface area contributed by atoms with E-state index in [0.29, 0.717) is 0 Å². The Hall–Kier alpha value is -1.40. The second-order valence-electron chi connectivity index (χ2n) is 4.76. The molecule has 0 bridgehead atoms. The molecule has 1 unspecified atom stereocenters. The minimum absolute atomic E-state index is 0.219. The smallest absolute Gasteiger partial charge is 0.191 e. The predicted octanol–water partition coefficient (Wildman–Crippen LogP) is 2.99. The van der Waals surface area contributed by atoms with Gasteiger partial charge in [-0.15, -0.1) is 10.2 Å². The van der Waals surface area contributed by atoms with Gasteiger partial charge in [-0.3, -0.25) is 4.57 Å². The minimum atomic E-state index is -0.246. The average molecular weight is 293 g/mol. The minimum Gasteiger partial charge on any atom is -0.376 e. The van der Waals surface area contributed by atoms with Crippen molar-refractivity contribution in [1.29, 1.82) is 0 Å². The Morgan fingerprint density at radius 1 is 1.35 bits per heavy atom. The van der Waals surface area contributed by atoms with Crippen LogP contribution in [-0.2, 0) is 11.3 Å². The van der Waals surface area contributed by atoms with Crippen molar-refractivity contribution in [2.45, 2.75) is 30.6 Å². The third-order valence-electron chi connectivity index (χ3n) is 3.41. The molecule has 1 saturated heterocycles. The van der Waals surface area contributed by atoms with E-state index in [2.05, 4.69) is 14.8 Å². The zero-order valence-corrected chi connectivity index (χ0v) is 12.1. The topological polar surface area (TPSA) is 39.9 Å². The maximum Gasteiger partial charge on any atom is 0.191 e. The first kappa shape index (κ1) is 13.6. The van der Waals surface area contributed by atoms with Crippen molar-refractivity contribution in [1.82, 2.24) is 14.8 Å². The molecule has 0 saturated carbocycles. The van der Waals surface area contributed by atoms with Gasteiger partial charge in [-0.1, -0.05) is 11.8 Å². The second-order valence-corrected chi connectivity index (χ2v) is 5.54. The molecule has 0 N–H and O–H groups in total. The van der Waals surface area contributed by atoms with Crippen LogP contribution in [-0.4, -0.2) is 33.7 Å². The number of rotatable bonds is 4. The number of halogens is 1. The van der Waals surface area contributed by atoms with Crippen LogP contribution in [0, 0.1) is 5.82 Å². The van der Waals surface area contributed by atoms with Crippen LogP contribution in [0.25, 0.3) is 11.4 Å². The first-order chi connectivity index (χ1) is 9.78. The molecule has 2 heterocycles. The number of nitrogens with zero attached hydrogens (tertiary/aromatic N) is 3. The molecule has 1 fully saturated rings. The fourth-order valence-corrected chi connectivity index (χ4v) is 2.91. The van der Waals surface area contributed by atoms with Gasteiger partial charge in [-0.2, -0.15) is 0 Å². The molecule has 1 aromatic carbocycles. The lowest BCUT2D eigenvalue weighted by atomic mass is 10.2. The van der Waals surface area contributed by atoms with E-state index in [0.717, 1.165) is 42.5 Å². The maximum atomic E-state index is 13.0. The number of hydrogen-bond donors (Lipinski definition) is 0. The third kappa shape index (κ3) is 2.71. The highest BCUT2D eigenvalue weighted by Crippen LogP contribution is 2.25. The first-order valence-corrected chi connectivity index (χ1v) is 7.85. The Bertz CT molecular complexity index is 579. The molecule has 0 spiro atoms. The van der Waals surface area contributed by atoms with Gasteiger partial charge in [-0.05, 0) is 43.4 Å². The van der Waals surface area contributed by atoms with E-state index in [4.69, 9.17) is 4.74 Å². The molecule has 2 aromatic rings. The van der Waals surface area contributed by atoms with Crippen LogP contribution in [0.4, 0.5) is 4.39 Å². The lowest BCUT2D eigenvalue weighted by Gasteiger charge is -2.14.